The Morgan fingerprint density at radius 2 is 1.28 bits per heavy atom. The molecule has 1 heterocycles. The Kier molecular flexibility index (Phi) is 3.40. The highest BCUT2D eigenvalue weighted by Crippen LogP contribution is 2.53. The molecule has 0 aliphatic heterocycles. The lowest BCUT2D eigenvalue weighted by Crippen LogP contribution is -2.15. The van der Waals surface area contributed by atoms with Gasteiger partial charge in [-0.3, -0.25) is 0 Å². The van der Waals surface area contributed by atoms with Crippen LogP contribution in [0.5, 0.6) is 0 Å². The van der Waals surface area contributed by atoms with E-state index in [2.05, 4.69) is 122 Å². The fraction of sp³-hybridized carbons (Fsp3) is 0.0968. The molecule has 1 nitrogen and oxygen atoms in total. The molecule has 32 heavy (non-hydrogen) atoms. The summed E-state index contributed by atoms with van der Waals surface area (Å²) in [4.78, 5) is 0. The van der Waals surface area contributed by atoms with Crippen molar-refractivity contribution in [2.75, 3.05) is 0 Å². The molecule has 152 valence electrons. The molecule has 5 aromatic carbocycles. The van der Waals surface area contributed by atoms with Crippen LogP contribution in [-0.2, 0) is 5.41 Å². The average Bonchev–Trinajstić information content (AvgIpc) is 3.29. The van der Waals surface area contributed by atoms with Gasteiger partial charge in [-0.2, -0.15) is 0 Å². The summed E-state index contributed by atoms with van der Waals surface area (Å²) < 4.78 is 2.42. The van der Waals surface area contributed by atoms with E-state index in [9.17, 15) is 0 Å². The van der Waals surface area contributed by atoms with Crippen molar-refractivity contribution in [1.29, 1.82) is 0 Å². The maximum atomic E-state index is 2.42. The van der Waals surface area contributed by atoms with Crippen LogP contribution in [0.15, 0.2) is 103 Å². The first-order valence-corrected chi connectivity index (χ1v) is 11.3. The van der Waals surface area contributed by atoms with Crippen molar-refractivity contribution in [2.45, 2.75) is 19.3 Å². The number of hydrogen-bond donors (Lipinski definition) is 0. The van der Waals surface area contributed by atoms with E-state index in [4.69, 9.17) is 0 Å². The Morgan fingerprint density at radius 3 is 2.16 bits per heavy atom. The van der Waals surface area contributed by atoms with Gasteiger partial charge >= 0.3 is 0 Å². The van der Waals surface area contributed by atoms with Crippen molar-refractivity contribution in [1.82, 2.24) is 4.57 Å². The third-order valence-corrected chi connectivity index (χ3v) is 7.35. The number of hydrogen-bond acceptors (Lipinski definition) is 0. The number of para-hydroxylation sites is 2. The third-order valence-electron chi connectivity index (χ3n) is 7.35. The van der Waals surface area contributed by atoms with Crippen LogP contribution in [0.4, 0.5) is 0 Å². The van der Waals surface area contributed by atoms with E-state index in [0.717, 1.165) is 0 Å². The molecule has 0 amide bonds. The zero-order valence-corrected chi connectivity index (χ0v) is 18.3. The molecule has 0 unspecified atom stereocenters. The molecule has 0 spiro atoms. The van der Waals surface area contributed by atoms with E-state index in [0.29, 0.717) is 0 Å². The first-order chi connectivity index (χ1) is 15.7. The summed E-state index contributed by atoms with van der Waals surface area (Å²) >= 11 is 0. The highest BCUT2D eigenvalue weighted by molar-refractivity contribution is 6.23. The number of rotatable bonds is 1. The Hall–Kier alpha value is -3.84. The largest absolute Gasteiger partial charge is 0.309 e. The molecule has 1 heteroatoms. The zero-order chi connectivity index (χ0) is 21.4. The lowest BCUT2D eigenvalue weighted by Gasteiger charge is -2.23. The van der Waals surface area contributed by atoms with Crippen molar-refractivity contribution < 1.29 is 0 Å². The number of aromatic nitrogens is 1. The summed E-state index contributed by atoms with van der Waals surface area (Å²) in [5, 5.41) is 5.39. The molecule has 7 rings (SSSR count). The highest BCUT2D eigenvalue weighted by atomic mass is 15.0. The fourth-order valence-corrected chi connectivity index (χ4v) is 6.00. The molecule has 0 saturated carbocycles. The molecule has 1 aliphatic carbocycles. The molecular weight excluding hydrogens is 386 g/mol. The maximum Gasteiger partial charge on any atom is 0.0547 e. The molecule has 0 saturated heterocycles. The normalized spacial score (nSPS) is 14.2. The van der Waals surface area contributed by atoms with E-state index in [1.807, 2.05) is 0 Å². The van der Waals surface area contributed by atoms with Crippen molar-refractivity contribution in [3.05, 3.63) is 114 Å². The monoisotopic (exact) mass is 409 g/mol. The van der Waals surface area contributed by atoms with Gasteiger partial charge in [-0.25, -0.2) is 0 Å². The zero-order valence-electron chi connectivity index (χ0n) is 18.3. The topological polar surface area (TPSA) is 4.93 Å². The highest BCUT2D eigenvalue weighted by Gasteiger charge is 2.37. The van der Waals surface area contributed by atoms with Gasteiger partial charge in [0, 0.05) is 21.9 Å². The Labute approximate surface area is 187 Å². The fourth-order valence-electron chi connectivity index (χ4n) is 6.00. The van der Waals surface area contributed by atoms with Crippen LogP contribution in [0.25, 0.3) is 49.4 Å². The van der Waals surface area contributed by atoms with Gasteiger partial charge in [0.25, 0.3) is 0 Å². The molecule has 0 atom stereocenters. The second-order valence-corrected chi connectivity index (χ2v) is 9.40. The van der Waals surface area contributed by atoms with Gasteiger partial charge in [0.15, 0.2) is 0 Å². The minimum absolute atomic E-state index is 0.0460. The van der Waals surface area contributed by atoms with Crippen LogP contribution in [0.2, 0.25) is 0 Å². The Bertz CT molecular complexity index is 1680. The number of benzene rings is 5. The van der Waals surface area contributed by atoms with Crippen molar-refractivity contribution in [3.63, 3.8) is 0 Å². The van der Waals surface area contributed by atoms with Crippen LogP contribution >= 0.6 is 0 Å². The molecule has 0 radical (unpaired) electrons. The predicted molar refractivity (Wildman–Crippen MR) is 136 cm³/mol. The van der Waals surface area contributed by atoms with Crippen LogP contribution in [0.3, 0.4) is 0 Å². The van der Waals surface area contributed by atoms with E-state index in [1.165, 1.54) is 60.5 Å². The average molecular weight is 410 g/mol. The second kappa shape index (κ2) is 6.11. The van der Waals surface area contributed by atoms with E-state index >= 15 is 0 Å². The molecule has 1 aliphatic rings. The first-order valence-electron chi connectivity index (χ1n) is 11.3. The summed E-state index contributed by atoms with van der Waals surface area (Å²) in [6.45, 7) is 4.76. The summed E-state index contributed by atoms with van der Waals surface area (Å²) in [5.41, 5.74) is 9.31. The van der Waals surface area contributed by atoms with Crippen molar-refractivity contribution >= 4 is 32.6 Å². The predicted octanol–water partition coefficient (Wildman–Crippen LogP) is 8.24. The molecule has 0 N–H and O–H groups in total. The number of nitrogens with zero attached hydrogens (tertiary/aromatic N) is 1. The minimum Gasteiger partial charge on any atom is -0.309 e. The minimum atomic E-state index is -0.0460. The van der Waals surface area contributed by atoms with Gasteiger partial charge in [0.2, 0.25) is 0 Å². The molecule has 0 bridgehead atoms. The molecule has 1 aromatic heterocycles. The smallest absolute Gasteiger partial charge is 0.0547 e. The standard InChI is InChI=1S/C31H23N/c1-31(2)25-14-8-6-12-22(25)23-18-16-20-17-19-27-29(28(20)30(23)31)24-13-7-9-15-26(24)32(27)21-10-4-3-5-11-21/h3-19H,1-2H3. The van der Waals surface area contributed by atoms with Crippen molar-refractivity contribution in [2.24, 2.45) is 0 Å². The Morgan fingerprint density at radius 1 is 0.562 bits per heavy atom. The van der Waals surface area contributed by atoms with Gasteiger partial charge in [-0.05, 0) is 57.3 Å². The quantitative estimate of drug-likeness (QED) is 0.258. The van der Waals surface area contributed by atoms with Gasteiger partial charge in [-0.15, -0.1) is 0 Å². The molecule has 6 aromatic rings. The maximum absolute atomic E-state index is 2.42. The lowest BCUT2D eigenvalue weighted by molar-refractivity contribution is 0.666. The summed E-state index contributed by atoms with van der Waals surface area (Å²) in [6.07, 6.45) is 0. The van der Waals surface area contributed by atoms with E-state index < -0.39 is 0 Å². The van der Waals surface area contributed by atoms with Gasteiger partial charge in [0.1, 0.15) is 0 Å². The van der Waals surface area contributed by atoms with Crippen molar-refractivity contribution in [3.8, 4) is 16.8 Å². The Balaban J connectivity index is 1.73. The number of fused-ring (bicyclic) bond motifs is 9. The van der Waals surface area contributed by atoms with Crippen LogP contribution < -0.4 is 0 Å². The lowest BCUT2D eigenvalue weighted by atomic mass is 9.79. The summed E-state index contributed by atoms with van der Waals surface area (Å²) in [7, 11) is 0. The van der Waals surface area contributed by atoms with E-state index in [-0.39, 0.29) is 5.41 Å². The SMILES string of the molecule is CC1(C)c2ccccc2-c2ccc3ccc4c(c5ccccc5n4-c4ccccc4)c3c21. The third kappa shape index (κ3) is 2.13. The van der Waals surface area contributed by atoms with Crippen LogP contribution in [-0.4, -0.2) is 4.57 Å². The van der Waals surface area contributed by atoms with Crippen LogP contribution in [0.1, 0.15) is 25.0 Å². The van der Waals surface area contributed by atoms with Gasteiger partial charge in [-0.1, -0.05) is 92.7 Å². The van der Waals surface area contributed by atoms with Crippen LogP contribution in [0, 0.1) is 0 Å². The molecule has 0 fully saturated rings. The summed E-state index contributed by atoms with van der Waals surface area (Å²) in [5.74, 6) is 0. The second-order valence-electron chi connectivity index (χ2n) is 9.40. The summed E-state index contributed by atoms with van der Waals surface area (Å²) in [6, 6.07) is 37.7. The van der Waals surface area contributed by atoms with Gasteiger partial charge in [0.05, 0.1) is 11.0 Å². The first kappa shape index (κ1) is 17.8. The van der Waals surface area contributed by atoms with E-state index in [1.54, 1.807) is 0 Å². The molecular formula is C31H23N. The van der Waals surface area contributed by atoms with Gasteiger partial charge < -0.3 is 4.57 Å².